The average molecular weight is 498 g/mol. The number of hydrogen-bond acceptors (Lipinski definition) is 6. The molecule has 0 aromatic heterocycles. The molecule has 1 atom stereocenters. The van der Waals surface area contributed by atoms with Crippen molar-refractivity contribution in [3.05, 3.63) is 6.92 Å². The van der Waals surface area contributed by atoms with Crippen LogP contribution in [0, 0.1) is 12.3 Å². The standard InChI is InChI=1S/C29H57N2O4/c1-10-12-16-20-34-25(32)18-14-13-15-19-30-24(17-11-2)21-28(6,7)23-31-29(8,9)22-26(33)35-27(3,4)5/h24,30-31H,2,10-23H2,1,3-9H3. The summed E-state index contributed by atoms with van der Waals surface area (Å²) in [5.74, 6) is -0.234. The predicted molar refractivity (Wildman–Crippen MR) is 146 cm³/mol. The van der Waals surface area contributed by atoms with Gasteiger partial charge in [-0.05, 0) is 78.7 Å². The van der Waals surface area contributed by atoms with E-state index in [1.54, 1.807) is 0 Å². The maximum Gasteiger partial charge on any atom is 0.308 e. The molecule has 0 bridgehead atoms. The minimum absolute atomic E-state index is 0.0622. The van der Waals surface area contributed by atoms with Crippen LogP contribution in [0.15, 0.2) is 0 Å². The highest BCUT2D eigenvalue weighted by molar-refractivity contribution is 5.71. The first-order chi connectivity index (χ1) is 16.2. The fourth-order valence-corrected chi connectivity index (χ4v) is 4.03. The molecule has 207 valence electrons. The number of hydrogen-bond donors (Lipinski definition) is 2. The Bertz CT molecular complexity index is 582. The maximum atomic E-state index is 12.3. The topological polar surface area (TPSA) is 76.7 Å². The van der Waals surface area contributed by atoms with Gasteiger partial charge in [0.15, 0.2) is 0 Å². The third-order valence-electron chi connectivity index (χ3n) is 5.90. The van der Waals surface area contributed by atoms with Crippen molar-refractivity contribution >= 4 is 11.9 Å². The van der Waals surface area contributed by atoms with Gasteiger partial charge >= 0.3 is 11.9 Å². The molecule has 2 N–H and O–H groups in total. The van der Waals surface area contributed by atoms with Crippen LogP contribution in [0.2, 0.25) is 0 Å². The predicted octanol–water partition coefficient (Wildman–Crippen LogP) is 6.37. The summed E-state index contributed by atoms with van der Waals surface area (Å²) in [7, 11) is 0. The second kappa shape index (κ2) is 17.3. The van der Waals surface area contributed by atoms with Gasteiger partial charge in [-0.3, -0.25) is 9.59 Å². The second-order valence-electron chi connectivity index (χ2n) is 12.4. The molecule has 0 saturated heterocycles. The molecule has 6 heteroatoms. The number of carbonyl (C=O) groups is 2. The van der Waals surface area contributed by atoms with Gasteiger partial charge in [0, 0.05) is 24.5 Å². The van der Waals surface area contributed by atoms with Crippen LogP contribution in [-0.2, 0) is 19.1 Å². The molecule has 0 rings (SSSR count). The molecule has 0 aromatic rings. The van der Waals surface area contributed by atoms with Crippen molar-refractivity contribution in [2.75, 3.05) is 19.7 Å². The van der Waals surface area contributed by atoms with Gasteiger partial charge in [0.2, 0.25) is 0 Å². The van der Waals surface area contributed by atoms with Crippen LogP contribution in [0.3, 0.4) is 0 Å². The quantitative estimate of drug-likeness (QED) is 0.150. The van der Waals surface area contributed by atoms with Crippen LogP contribution in [0.4, 0.5) is 0 Å². The van der Waals surface area contributed by atoms with E-state index < -0.39 is 5.60 Å². The molecular weight excluding hydrogens is 440 g/mol. The van der Waals surface area contributed by atoms with Crippen LogP contribution < -0.4 is 10.6 Å². The number of esters is 2. The third-order valence-corrected chi connectivity index (χ3v) is 5.90. The number of unbranched alkanes of at least 4 members (excludes halogenated alkanes) is 4. The molecule has 0 fully saturated rings. The normalized spacial score (nSPS) is 13.5. The van der Waals surface area contributed by atoms with Crippen LogP contribution in [-0.4, -0.2) is 48.8 Å². The van der Waals surface area contributed by atoms with Crippen LogP contribution in [0.1, 0.15) is 126 Å². The Labute approximate surface area is 217 Å². The molecule has 0 aliphatic carbocycles. The summed E-state index contributed by atoms with van der Waals surface area (Å²) in [6, 6.07) is 0.404. The molecule has 0 aliphatic rings. The van der Waals surface area contributed by atoms with Crippen LogP contribution in [0.5, 0.6) is 0 Å². The summed E-state index contributed by atoms with van der Waals surface area (Å²) in [6.45, 7) is 22.9. The summed E-state index contributed by atoms with van der Waals surface area (Å²) in [5.41, 5.74) is -0.720. The molecule has 0 heterocycles. The lowest BCUT2D eigenvalue weighted by Gasteiger charge is -2.35. The monoisotopic (exact) mass is 497 g/mol. The van der Waals surface area contributed by atoms with Crippen molar-refractivity contribution in [3.8, 4) is 0 Å². The highest BCUT2D eigenvalue weighted by atomic mass is 16.6. The molecule has 1 radical (unpaired) electrons. The van der Waals surface area contributed by atoms with Crippen molar-refractivity contribution in [3.63, 3.8) is 0 Å². The van der Waals surface area contributed by atoms with Gasteiger partial charge in [-0.15, -0.1) is 0 Å². The van der Waals surface area contributed by atoms with E-state index in [2.05, 4.69) is 52.2 Å². The fourth-order valence-electron chi connectivity index (χ4n) is 4.03. The average Bonchev–Trinajstić information content (AvgIpc) is 2.70. The van der Waals surface area contributed by atoms with Gasteiger partial charge in [0.1, 0.15) is 5.60 Å². The van der Waals surface area contributed by atoms with Crippen molar-refractivity contribution in [2.24, 2.45) is 5.41 Å². The van der Waals surface area contributed by atoms with Crippen molar-refractivity contribution in [1.82, 2.24) is 10.6 Å². The van der Waals surface area contributed by atoms with E-state index >= 15 is 0 Å². The Hall–Kier alpha value is -1.14. The lowest BCUT2D eigenvalue weighted by Crippen LogP contribution is -2.47. The Morgan fingerprint density at radius 2 is 1.60 bits per heavy atom. The van der Waals surface area contributed by atoms with Gasteiger partial charge < -0.3 is 20.1 Å². The number of nitrogens with one attached hydrogen (secondary N) is 2. The molecule has 0 aromatic carbocycles. The summed E-state index contributed by atoms with van der Waals surface area (Å²) in [6.07, 6.45) is 10.0. The van der Waals surface area contributed by atoms with Gasteiger partial charge in [0.25, 0.3) is 0 Å². The summed E-state index contributed by atoms with van der Waals surface area (Å²) in [4.78, 5) is 24.0. The van der Waals surface area contributed by atoms with Gasteiger partial charge in [-0.1, -0.05) is 53.4 Å². The zero-order valence-corrected chi connectivity index (χ0v) is 24.3. The first kappa shape index (κ1) is 33.9. The lowest BCUT2D eigenvalue weighted by atomic mass is 9.83. The summed E-state index contributed by atoms with van der Waals surface area (Å²) < 4.78 is 10.8. The van der Waals surface area contributed by atoms with E-state index in [0.717, 1.165) is 70.9 Å². The molecule has 0 spiro atoms. The van der Waals surface area contributed by atoms with Crippen molar-refractivity contribution in [1.29, 1.82) is 0 Å². The number of ether oxygens (including phenoxy) is 2. The zero-order chi connectivity index (χ0) is 27.0. The van der Waals surface area contributed by atoms with Gasteiger partial charge in [-0.25, -0.2) is 0 Å². The first-order valence-corrected chi connectivity index (χ1v) is 13.8. The smallest absolute Gasteiger partial charge is 0.308 e. The first-order valence-electron chi connectivity index (χ1n) is 13.8. The maximum absolute atomic E-state index is 12.3. The van der Waals surface area contributed by atoms with E-state index in [0.29, 0.717) is 25.5 Å². The Balaban J connectivity index is 4.31. The lowest BCUT2D eigenvalue weighted by molar-refractivity contribution is -0.156. The van der Waals surface area contributed by atoms with E-state index in [1.807, 2.05) is 20.8 Å². The molecule has 1 unspecified atom stereocenters. The van der Waals surface area contributed by atoms with Gasteiger partial charge in [0.05, 0.1) is 13.0 Å². The highest BCUT2D eigenvalue weighted by Gasteiger charge is 2.29. The Morgan fingerprint density at radius 3 is 2.20 bits per heavy atom. The summed E-state index contributed by atoms with van der Waals surface area (Å²) in [5, 5.41) is 7.30. The zero-order valence-electron chi connectivity index (χ0n) is 24.3. The SMILES string of the molecule is [CH2]CCC(CC(C)(C)CNC(C)(C)CC(=O)OC(C)(C)C)NCCCCCC(=O)OCCCCC. The van der Waals surface area contributed by atoms with Crippen molar-refractivity contribution < 1.29 is 19.1 Å². The number of rotatable bonds is 20. The highest BCUT2D eigenvalue weighted by Crippen LogP contribution is 2.25. The molecule has 0 aliphatic heterocycles. The van der Waals surface area contributed by atoms with E-state index in [1.165, 1.54) is 0 Å². The van der Waals surface area contributed by atoms with Gasteiger partial charge in [-0.2, -0.15) is 0 Å². The molecule has 0 saturated carbocycles. The van der Waals surface area contributed by atoms with Crippen LogP contribution in [0.25, 0.3) is 0 Å². The van der Waals surface area contributed by atoms with E-state index in [-0.39, 0.29) is 22.9 Å². The Morgan fingerprint density at radius 1 is 0.914 bits per heavy atom. The molecule has 0 amide bonds. The number of carbonyl (C=O) groups excluding carboxylic acids is 2. The second-order valence-corrected chi connectivity index (χ2v) is 12.4. The Kier molecular flexibility index (Phi) is 16.8. The molecular formula is C29H57N2O4. The summed E-state index contributed by atoms with van der Waals surface area (Å²) >= 11 is 0. The third kappa shape index (κ3) is 20.7. The largest absolute Gasteiger partial charge is 0.466 e. The molecule has 35 heavy (non-hydrogen) atoms. The molecule has 6 nitrogen and oxygen atoms in total. The fraction of sp³-hybridized carbons (Fsp3) is 0.897. The van der Waals surface area contributed by atoms with E-state index in [9.17, 15) is 9.59 Å². The minimum atomic E-state index is -0.461. The van der Waals surface area contributed by atoms with E-state index in [4.69, 9.17) is 9.47 Å². The van der Waals surface area contributed by atoms with Crippen molar-refractivity contribution in [2.45, 2.75) is 143 Å². The van der Waals surface area contributed by atoms with Crippen LogP contribution >= 0.6 is 0 Å². The minimum Gasteiger partial charge on any atom is -0.466 e.